The lowest BCUT2D eigenvalue weighted by molar-refractivity contribution is 0.180. The summed E-state index contributed by atoms with van der Waals surface area (Å²) in [6.45, 7) is 1.78. The second-order valence-corrected chi connectivity index (χ2v) is 3.88. The van der Waals surface area contributed by atoms with Crippen LogP contribution < -0.4 is 0 Å². The predicted molar refractivity (Wildman–Crippen MR) is 52.1 cm³/mol. The maximum atomic E-state index is 10.5. The summed E-state index contributed by atoms with van der Waals surface area (Å²) in [6, 6.07) is 8.89. The summed E-state index contributed by atoms with van der Waals surface area (Å²) in [7, 11) is -4.38. The number of benzene rings is 1. The minimum Gasteiger partial charge on any atom is -0.264 e. The largest absolute Gasteiger partial charge is 0.397 e. The highest BCUT2D eigenvalue weighted by molar-refractivity contribution is 7.80. The van der Waals surface area contributed by atoms with Gasteiger partial charge >= 0.3 is 10.4 Å². The molecule has 0 aliphatic rings. The molecule has 0 aromatic heterocycles. The third-order valence-electron chi connectivity index (χ3n) is 1.78. The van der Waals surface area contributed by atoms with Gasteiger partial charge in [-0.05, 0) is 12.0 Å². The second kappa shape index (κ2) is 4.54. The topological polar surface area (TPSA) is 63.6 Å². The van der Waals surface area contributed by atoms with E-state index in [0.29, 0.717) is 6.42 Å². The normalized spacial score (nSPS) is 13.9. The molecule has 0 fully saturated rings. The van der Waals surface area contributed by atoms with Gasteiger partial charge < -0.3 is 0 Å². The van der Waals surface area contributed by atoms with Crippen LogP contribution in [0.25, 0.3) is 0 Å². The van der Waals surface area contributed by atoms with Crippen molar-refractivity contribution >= 4 is 10.4 Å². The number of rotatable bonds is 4. The van der Waals surface area contributed by atoms with Crippen LogP contribution in [0.2, 0.25) is 0 Å². The lowest BCUT2D eigenvalue weighted by Crippen LogP contribution is -2.10. The molecule has 1 rings (SSSR count). The summed E-state index contributed by atoms with van der Waals surface area (Å²) in [5, 5.41) is 0. The Morgan fingerprint density at radius 3 is 2.36 bits per heavy atom. The average molecular weight is 216 g/mol. The Kier molecular flexibility index (Phi) is 3.62. The maximum absolute atomic E-state index is 10.5. The van der Waals surface area contributed by atoms with Crippen molar-refractivity contribution in [3.8, 4) is 0 Å². The highest BCUT2D eigenvalue weighted by Gasteiger charge is 2.16. The van der Waals surface area contributed by atoms with Crippen LogP contribution in [0.15, 0.2) is 30.3 Å². The van der Waals surface area contributed by atoms with E-state index >= 15 is 0 Å². The van der Waals surface area contributed by atoms with Crippen LogP contribution >= 0.6 is 0 Å². The van der Waals surface area contributed by atoms with Crippen LogP contribution in [0.3, 0.4) is 0 Å². The van der Waals surface area contributed by atoms with Gasteiger partial charge in [0.1, 0.15) is 6.10 Å². The molecule has 1 aromatic carbocycles. The monoisotopic (exact) mass is 216 g/mol. The molecule has 14 heavy (non-hydrogen) atoms. The van der Waals surface area contributed by atoms with Crippen molar-refractivity contribution in [2.45, 2.75) is 19.4 Å². The molecule has 0 heterocycles. The third kappa shape index (κ3) is 3.45. The van der Waals surface area contributed by atoms with Gasteiger partial charge in [0.15, 0.2) is 0 Å². The molecule has 0 aliphatic heterocycles. The van der Waals surface area contributed by atoms with Gasteiger partial charge in [-0.1, -0.05) is 37.3 Å². The smallest absolute Gasteiger partial charge is 0.264 e. The van der Waals surface area contributed by atoms with Crippen LogP contribution in [0.4, 0.5) is 0 Å². The van der Waals surface area contributed by atoms with Gasteiger partial charge in [0.2, 0.25) is 0 Å². The van der Waals surface area contributed by atoms with Crippen LogP contribution in [-0.2, 0) is 14.6 Å². The van der Waals surface area contributed by atoms with Crippen molar-refractivity contribution < 1.29 is 17.2 Å². The van der Waals surface area contributed by atoms with E-state index in [2.05, 4.69) is 4.18 Å². The van der Waals surface area contributed by atoms with Crippen molar-refractivity contribution in [1.82, 2.24) is 0 Å². The molecule has 1 unspecified atom stereocenters. The summed E-state index contributed by atoms with van der Waals surface area (Å²) < 4.78 is 34.0. The Labute approximate surface area is 83.5 Å². The van der Waals surface area contributed by atoms with Crippen LogP contribution in [0, 0.1) is 0 Å². The first-order valence-corrected chi connectivity index (χ1v) is 5.60. The minimum atomic E-state index is -4.38. The molecular weight excluding hydrogens is 204 g/mol. The molecule has 1 N–H and O–H groups in total. The molecule has 0 radical (unpaired) electrons. The first-order chi connectivity index (χ1) is 6.53. The van der Waals surface area contributed by atoms with Gasteiger partial charge in [-0.25, -0.2) is 4.18 Å². The molecule has 78 valence electrons. The van der Waals surface area contributed by atoms with Crippen molar-refractivity contribution in [3.63, 3.8) is 0 Å². The van der Waals surface area contributed by atoms with Gasteiger partial charge in [-0.15, -0.1) is 0 Å². The van der Waals surface area contributed by atoms with E-state index in [1.54, 1.807) is 31.2 Å². The van der Waals surface area contributed by atoms with Crippen LogP contribution in [0.1, 0.15) is 25.0 Å². The lowest BCUT2D eigenvalue weighted by atomic mass is 10.1. The summed E-state index contributed by atoms with van der Waals surface area (Å²) in [6.07, 6.45) is -0.143. The second-order valence-electron chi connectivity index (χ2n) is 2.83. The summed E-state index contributed by atoms with van der Waals surface area (Å²) >= 11 is 0. The average Bonchev–Trinajstić information content (AvgIpc) is 2.14. The summed E-state index contributed by atoms with van der Waals surface area (Å²) in [4.78, 5) is 0. The molecule has 0 saturated heterocycles. The van der Waals surface area contributed by atoms with E-state index in [1.165, 1.54) is 0 Å². The van der Waals surface area contributed by atoms with Gasteiger partial charge in [-0.2, -0.15) is 8.42 Å². The number of hydrogen-bond donors (Lipinski definition) is 1. The van der Waals surface area contributed by atoms with Crippen LogP contribution in [0.5, 0.6) is 0 Å². The Balaban J connectivity index is 2.84. The van der Waals surface area contributed by atoms with E-state index in [-0.39, 0.29) is 0 Å². The maximum Gasteiger partial charge on any atom is 0.397 e. The molecule has 0 spiro atoms. The Bertz CT molecular complexity index is 371. The van der Waals surface area contributed by atoms with Crippen molar-refractivity contribution in [1.29, 1.82) is 0 Å². The fraction of sp³-hybridized carbons (Fsp3) is 0.333. The molecule has 0 amide bonds. The van der Waals surface area contributed by atoms with Crippen molar-refractivity contribution in [2.24, 2.45) is 0 Å². The van der Waals surface area contributed by atoms with E-state index in [4.69, 9.17) is 4.55 Å². The molecule has 4 nitrogen and oxygen atoms in total. The fourth-order valence-corrected chi connectivity index (χ4v) is 1.71. The quantitative estimate of drug-likeness (QED) is 0.781. The molecule has 1 aromatic rings. The number of hydrogen-bond acceptors (Lipinski definition) is 3. The zero-order valence-electron chi connectivity index (χ0n) is 7.75. The van der Waals surface area contributed by atoms with E-state index in [1.807, 2.05) is 6.07 Å². The van der Waals surface area contributed by atoms with E-state index in [0.717, 1.165) is 5.56 Å². The van der Waals surface area contributed by atoms with Gasteiger partial charge in [0, 0.05) is 0 Å². The van der Waals surface area contributed by atoms with Crippen molar-refractivity contribution in [3.05, 3.63) is 35.9 Å². The Hall–Kier alpha value is -0.910. The van der Waals surface area contributed by atoms with Gasteiger partial charge in [0.05, 0.1) is 0 Å². The molecule has 1 atom stereocenters. The van der Waals surface area contributed by atoms with Crippen LogP contribution in [-0.4, -0.2) is 13.0 Å². The van der Waals surface area contributed by atoms with E-state index < -0.39 is 16.5 Å². The van der Waals surface area contributed by atoms with Crippen molar-refractivity contribution in [2.75, 3.05) is 0 Å². The first-order valence-electron chi connectivity index (χ1n) is 4.23. The molecule has 0 bridgehead atoms. The Morgan fingerprint density at radius 1 is 1.36 bits per heavy atom. The highest BCUT2D eigenvalue weighted by Crippen LogP contribution is 2.21. The zero-order valence-corrected chi connectivity index (χ0v) is 8.57. The van der Waals surface area contributed by atoms with E-state index in [9.17, 15) is 8.42 Å². The summed E-state index contributed by atoms with van der Waals surface area (Å²) in [5.74, 6) is 0. The predicted octanol–water partition coefficient (Wildman–Crippen LogP) is 1.96. The standard InChI is InChI=1S/C9H12O4S/c1-2-9(13-14(10,11)12)8-6-4-3-5-7-8/h3-7,9H,2H2,1H3,(H,10,11,12). The lowest BCUT2D eigenvalue weighted by Gasteiger charge is -2.12. The summed E-state index contributed by atoms with van der Waals surface area (Å²) in [5.41, 5.74) is 0.729. The highest BCUT2D eigenvalue weighted by atomic mass is 32.3. The minimum absolute atomic E-state index is 0.476. The SMILES string of the molecule is CCC(OS(=O)(=O)O)c1ccccc1. The van der Waals surface area contributed by atoms with Gasteiger partial charge in [0.25, 0.3) is 0 Å². The molecular formula is C9H12O4S. The fourth-order valence-electron chi connectivity index (χ4n) is 1.17. The zero-order chi connectivity index (χ0) is 10.6. The Morgan fingerprint density at radius 2 is 1.93 bits per heavy atom. The third-order valence-corrected chi connectivity index (χ3v) is 2.26. The van der Waals surface area contributed by atoms with Gasteiger partial charge in [-0.3, -0.25) is 4.55 Å². The molecule has 5 heteroatoms. The molecule has 0 saturated carbocycles. The first kappa shape index (κ1) is 11.2. The molecule has 0 aliphatic carbocycles.